The average molecular weight is 242 g/mol. The lowest BCUT2D eigenvalue weighted by molar-refractivity contribution is 0.423. The average Bonchev–Trinajstić information content (AvgIpc) is 2.71. The molecule has 1 aliphatic carbocycles. The van der Waals surface area contributed by atoms with Gasteiger partial charge in [-0.3, -0.25) is 0 Å². The zero-order chi connectivity index (χ0) is 11.5. The Kier molecular flexibility index (Phi) is 3.82. The maximum absolute atomic E-state index is 13.1. The summed E-state index contributed by atoms with van der Waals surface area (Å²) >= 11 is 6.08. The van der Waals surface area contributed by atoms with Crippen molar-refractivity contribution in [3.05, 3.63) is 34.6 Å². The van der Waals surface area contributed by atoms with Crippen molar-refractivity contribution in [2.45, 2.75) is 31.7 Å². The van der Waals surface area contributed by atoms with E-state index in [1.165, 1.54) is 25.3 Å². The minimum absolute atomic E-state index is 0.196. The second kappa shape index (κ2) is 5.15. The molecule has 0 saturated heterocycles. The Labute approximate surface area is 101 Å². The van der Waals surface area contributed by atoms with E-state index in [0.29, 0.717) is 17.0 Å². The number of halogens is 2. The van der Waals surface area contributed by atoms with Crippen molar-refractivity contribution in [1.29, 1.82) is 0 Å². The number of rotatable bonds is 3. The third-order valence-corrected chi connectivity index (χ3v) is 3.89. The molecule has 2 rings (SSSR count). The molecule has 1 fully saturated rings. The van der Waals surface area contributed by atoms with E-state index in [2.05, 4.69) is 5.32 Å². The lowest BCUT2D eigenvalue weighted by Gasteiger charge is -2.19. The van der Waals surface area contributed by atoms with Gasteiger partial charge in [0.05, 0.1) is 0 Å². The molecule has 0 aromatic heterocycles. The highest BCUT2D eigenvalue weighted by Gasteiger charge is 2.26. The number of nitrogens with one attached hydrogen (secondary N) is 1. The molecule has 1 aromatic rings. The van der Waals surface area contributed by atoms with Crippen LogP contribution in [0.5, 0.6) is 0 Å². The van der Waals surface area contributed by atoms with Crippen LogP contribution in [0.15, 0.2) is 18.2 Å². The van der Waals surface area contributed by atoms with Gasteiger partial charge in [-0.2, -0.15) is 0 Å². The third-order valence-electron chi connectivity index (χ3n) is 3.52. The van der Waals surface area contributed by atoms with Crippen molar-refractivity contribution in [2.24, 2.45) is 5.92 Å². The molecule has 0 radical (unpaired) electrons. The monoisotopic (exact) mass is 241 g/mol. The van der Waals surface area contributed by atoms with Gasteiger partial charge in [-0.1, -0.05) is 18.0 Å². The molecule has 16 heavy (non-hydrogen) atoms. The summed E-state index contributed by atoms with van der Waals surface area (Å²) in [6, 6.07) is 5.18. The second-order valence-corrected chi connectivity index (χ2v) is 4.93. The Morgan fingerprint density at radius 2 is 2.25 bits per heavy atom. The van der Waals surface area contributed by atoms with E-state index in [0.717, 1.165) is 12.0 Å². The smallest absolute Gasteiger partial charge is 0.123 e. The van der Waals surface area contributed by atoms with Gasteiger partial charge < -0.3 is 5.32 Å². The Bertz CT molecular complexity index is 367. The molecule has 0 amide bonds. The van der Waals surface area contributed by atoms with Gasteiger partial charge in [0.2, 0.25) is 0 Å². The molecule has 1 nitrogen and oxygen atoms in total. The van der Waals surface area contributed by atoms with Gasteiger partial charge in [0.15, 0.2) is 0 Å². The molecule has 1 aliphatic rings. The van der Waals surface area contributed by atoms with E-state index in [4.69, 9.17) is 11.6 Å². The first-order chi connectivity index (χ1) is 7.70. The maximum atomic E-state index is 13.1. The number of benzene rings is 1. The standard InChI is InChI=1S/C13H17ClFN/c1-16-13-4-2-3-9(13)7-10-8-11(15)5-6-12(10)14/h5-6,8-9,13,16H,2-4,7H2,1H3. The molecule has 0 bridgehead atoms. The summed E-state index contributed by atoms with van der Waals surface area (Å²) in [6.45, 7) is 0. The van der Waals surface area contributed by atoms with E-state index in [1.807, 2.05) is 7.05 Å². The Balaban J connectivity index is 2.11. The molecule has 88 valence electrons. The van der Waals surface area contributed by atoms with Gasteiger partial charge in [-0.15, -0.1) is 0 Å². The van der Waals surface area contributed by atoms with E-state index >= 15 is 0 Å². The highest BCUT2D eigenvalue weighted by molar-refractivity contribution is 6.31. The van der Waals surface area contributed by atoms with Crippen LogP contribution in [-0.2, 0) is 6.42 Å². The van der Waals surface area contributed by atoms with Gasteiger partial charge in [0.1, 0.15) is 5.82 Å². The van der Waals surface area contributed by atoms with E-state index in [-0.39, 0.29) is 5.82 Å². The largest absolute Gasteiger partial charge is 0.317 e. The summed E-state index contributed by atoms with van der Waals surface area (Å²) in [4.78, 5) is 0. The first kappa shape index (κ1) is 11.9. The third kappa shape index (κ3) is 2.55. The highest BCUT2D eigenvalue weighted by Crippen LogP contribution is 2.30. The summed E-state index contributed by atoms with van der Waals surface area (Å²) in [6.07, 6.45) is 4.55. The first-order valence-electron chi connectivity index (χ1n) is 5.82. The van der Waals surface area contributed by atoms with Gasteiger partial charge in [-0.25, -0.2) is 4.39 Å². The van der Waals surface area contributed by atoms with Crippen LogP contribution >= 0.6 is 11.6 Å². The van der Waals surface area contributed by atoms with Crippen LogP contribution in [-0.4, -0.2) is 13.1 Å². The SMILES string of the molecule is CNC1CCCC1Cc1cc(F)ccc1Cl. The lowest BCUT2D eigenvalue weighted by atomic mass is 9.94. The van der Waals surface area contributed by atoms with Crippen molar-refractivity contribution >= 4 is 11.6 Å². The molecule has 1 saturated carbocycles. The quantitative estimate of drug-likeness (QED) is 0.855. The van der Waals surface area contributed by atoms with Crippen LogP contribution in [0.25, 0.3) is 0 Å². The maximum Gasteiger partial charge on any atom is 0.123 e. The molecule has 0 heterocycles. The van der Waals surface area contributed by atoms with Crippen molar-refractivity contribution < 1.29 is 4.39 Å². The van der Waals surface area contributed by atoms with Gasteiger partial charge in [0.25, 0.3) is 0 Å². The minimum Gasteiger partial charge on any atom is -0.317 e. The summed E-state index contributed by atoms with van der Waals surface area (Å²) < 4.78 is 13.1. The fourth-order valence-corrected chi connectivity index (χ4v) is 2.84. The molecular weight excluding hydrogens is 225 g/mol. The van der Waals surface area contributed by atoms with Crippen molar-refractivity contribution in [3.8, 4) is 0 Å². The molecule has 0 aliphatic heterocycles. The minimum atomic E-state index is -0.196. The Morgan fingerprint density at radius 1 is 1.44 bits per heavy atom. The van der Waals surface area contributed by atoms with E-state index in [1.54, 1.807) is 12.1 Å². The molecule has 3 heteroatoms. The van der Waals surface area contributed by atoms with Crippen molar-refractivity contribution in [1.82, 2.24) is 5.32 Å². The first-order valence-corrected chi connectivity index (χ1v) is 6.19. The van der Waals surface area contributed by atoms with E-state index in [9.17, 15) is 4.39 Å². The highest BCUT2D eigenvalue weighted by atomic mass is 35.5. The summed E-state index contributed by atoms with van der Waals surface area (Å²) in [7, 11) is 2.00. The second-order valence-electron chi connectivity index (χ2n) is 4.53. The predicted molar refractivity (Wildman–Crippen MR) is 65.3 cm³/mol. The summed E-state index contributed by atoms with van der Waals surface area (Å²) in [5.74, 6) is 0.391. The van der Waals surface area contributed by atoms with Crippen LogP contribution in [0.4, 0.5) is 4.39 Å². The van der Waals surface area contributed by atoms with Crippen LogP contribution in [0.1, 0.15) is 24.8 Å². The van der Waals surface area contributed by atoms with Crippen LogP contribution in [0, 0.1) is 11.7 Å². The fraction of sp³-hybridized carbons (Fsp3) is 0.538. The molecule has 0 spiro atoms. The fourth-order valence-electron chi connectivity index (χ4n) is 2.64. The molecule has 1 aromatic carbocycles. The van der Waals surface area contributed by atoms with Crippen molar-refractivity contribution in [2.75, 3.05) is 7.05 Å². The number of hydrogen-bond acceptors (Lipinski definition) is 1. The van der Waals surface area contributed by atoms with Crippen molar-refractivity contribution in [3.63, 3.8) is 0 Å². The summed E-state index contributed by atoms with van der Waals surface area (Å²) in [5, 5.41) is 4.01. The molecular formula is C13H17ClFN. The normalized spacial score (nSPS) is 24.9. The zero-order valence-electron chi connectivity index (χ0n) is 9.47. The molecule has 2 atom stereocenters. The van der Waals surface area contributed by atoms with Gasteiger partial charge >= 0.3 is 0 Å². The Hall–Kier alpha value is -0.600. The topological polar surface area (TPSA) is 12.0 Å². The van der Waals surface area contributed by atoms with Gasteiger partial charge in [-0.05, 0) is 56.0 Å². The Morgan fingerprint density at radius 3 is 3.00 bits per heavy atom. The lowest BCUT2D eigenvalue weighted by Crippen LogP contribution is -2.30. The van der Waals surface area contributed by atoms with Gasteiger partial charge in [0, 0.05) is 11.1 Å². The van der Waals surface area contributed by atoms with E-state index < -0.39 is 0 Å². The summed E-state index contributed by atoms with van der Waals surface area (Å²) in [5.41, 5.74) is 0.939. The molecule has 2 unspecified atom stereocenters. The van der Waals surface area contributed by atoms with Crippen LogP contribution < -0.4 is 5.32 Å². The predicted octanol–water partition coefficient (Wildman–Crippen LogP) is 3.41. The van der Waals surface area contributed by atoms with Crippen LogP contribution in [0.3, 0.4) is 0 Å². The number of hydrogen-bond donors (Lipinski definition) is 1. The zero-order valence-corrected chi connectivity index (χ0v) is 10.2. The molecule has 1 N–H and O–H groups in total. The van der Waals surface area contributed by atoms with Crippen LogP contribution in [0.2, 0.25) is 5.02 Å².